The Hall–Kier alpha value is -9.62. The molecule has 6 unspecified atom stereocenters. The van der Waals surface area contributed by atoms with E-state index in [1.165, 1.54) is 0 Å². The summed E-state index contributed by atoms with van der Waals surface area (Å²) in [6.07, 6.45) is -0.109. The first-order valence-corrected chi connectivity index (χ1v) is 38.6. The fraction of sp³-hybridized carbons (Fsp3) is 0.432. The SMILES string of the molecule is Cc1ccc(Oc2cc3c4c(cc(Oc5ccc(C(C)C)cc5)c5c6c(Oc7ccc(C(C)C)cc7)cc7c8c(cc(Oc9ccc(C(C)C)cc9)c(c2c45)c86)C(=O)N(C(C(=O)N(CCOCC2CO2)CCOCC2CO2)C(C)C)C7=O)C(=O)N(C(C(=O)N(CCOCC2CO2)CCOCC2CO2)C(C)C)C3=O)cc1. The van der Waals surface area contributed by atoms with Crippen molar-refractivity contribution in [2.75, 3.05) is 105 Å². The van der Waals surface area contributed by atoms with Crippen molar-refractivity contribution in [3.8, 4) is 46.0 Å². The molecular weight excluding hydrogens is 1400 g/mol. The summed E-state index contributed by atoms with van der Waals surface area (Å²) >= 11 is 0. The Morgan fingerprint density at radius 2 is 0.600 bits per heavy atom. The van der Waals surface area contributed by atoms with E-state index in [0.29, 0.717) is 108 Å². The third-order valence-corrected chi connectivity index (χ3v) is 21.3. The molecule has 22 heteroatoms. The molecule has 15 rings (SSSR count). The molecule has 9 aromatic rings. The number of imide groups is 2. The lowest BCUT2D eigenvalue weighted by atomic mass is 9.80. The zero-order valence-electron chi connectivity index (χ0n) is 64.3. The maximum Gasteiger partial charge on any atom is 0.262 e. The molecule has 22 nitrogen and oxygen atoms in total. The van der Waals surface area contributed by atoms with Gasteiger partial charge in [-0.15, -0.1) is 0 Å². The lowest BCUT2D eigenvalue weighted by Gasteiger charge is -2.39. The molecule has 4 saturated heterocycles. The lowest BCUT2D eigenvalue weighted by molar-refractivity contribution is -0.139. The number of carbonyl (C=O) groups excluding carboxylic acids is 6. The number of benzene rings is 9. The number of ether oxygens (including phenoxy) is 12. The molecule has 9 aromatic carbocycles. The van der Waals surface area contributed by atoms with Crippen molar-refractivity contribution < 1.29 is 85.6 Å². The van der Waals surface area contributed by atoms with E-state index in [2.05, 4.69) is 41.5 Å². The average molecular weight is 1500 g/mol. The van der Waals surface area contributed by atoms with Gasteiger partial charge in [-0.2, -0.15) is 0 Å². The second-order valence-corrected chi connectivity index (χ2v) is 31.2. The molecule has 0 N–H and O–H groups in total. The molecule has 6 aliphatic rings. The summed E-state index contributed by atoms with van der Waals surface area (Å²) in [5, 5.41) is 2.25. The predicted octanol–water partition coefficient (Wildman–Crippen LogP) is 15.1. The number of nitrogens with zero attached hydrogens (tertiary/aromatic N) is 4. The van der Waals surface area contributed by atoms with E-state index >= 15 is 28.8 Å². The summed E-state index contributed by atoms with van der Waals surface area (Å²) < 4.78 is 75.2. The number of epoxide rings is 4. The zero-order chi connectivity index (χ0) is 76.9. The first-order valence-electron chi connectivity index (χ1n) is 38.6. The van der Waals surface area contributed by atoms with Gasteiger partial charge in [-0.25, -0.2) is 0 Å². The Kier molecular flexibility index (Phi) is 22.0. The van der Waals surface area contributed by atoms with Crippen molar-refractivity contribution in [3.05, 3.63) is 166 Å². The molecule has 0 saturated carbocycles. The quantitative estimate of drug-likeness (QED) is 0.0116. The highest BCUT2D eigenvalue weighted by molar-refractivity contribution is 6.45. The van der Waals surface area contributed by atoms with Crippen molar-refractivity contribution in [1.29, 1.82) is 0 Å². The van der Waals surface area contributed by atoms with Crippen LogP contribution in [0.5, 0.6) is 46.0 Å². The number of amides is 6. The van der Waals surface area contributed by atoms with Crippen molar-refractivity contribution >= 4 is 78.5 Å². The van der Waals surface area contributed by atoms with E-state index in [9.17, 15) is 0 Å². The smallest absolute Gasteiger partial charge is 0.262 e. The number of aryl methyl sites for hydroxylation is 1. The number of carbonyl (C=O) groups is 6. The van der Waals surface area contributed by atoms with Gasteiger partial charge in [0.2, 0.25) is 11.8 Å². The number of fused-ring (bicyclic) bond motifs is 2. The second-order valence-electron chi connectivity index (χ2n) is 31.2. The van der Waals surface area contributed by atoms with Gasteiger partial charge in [0.1, 0.15) is 82.5 Å². The molecule has 576 valence electrons. The third-order valence-electron chi connectivity index (χ3n) is 21.3. The Bertz CT molecular complexity index is 4880. The van der Waals surface area contributed by atoms with Crippen LogP contribution >= 0.6 is 0 Å². The molecule has 0 aliphatic carbocycles. The van der Waals surface area contributed by atoms with Crippen LogP contribution in [0.4, 0.5) is 0 Å². The first-order chi connectivity index (χ1) is 53.1. The van der Waals surface area contributed by atoms with Crippen LogP contribution in [0.25, 0.3) is 43.1 Å². The summed E-state index contributed by atoms with van der Waals surface area (Å²) in [5.41, 5.74) is 4.15. The number of hydrogen-bond donors (Lipinski definition) is 0. The highest BCUT2D eigenvalue weighted by atomic mass is 16.6. The van der Waals surface area contributed by atoms with Crippen molar-refractivity contribution in [2.45, 2.75) is 130 Å². The normalized spacial score (nSPS) is 18.3. The zero-order valence-corrected chi connectivity index (χ0v) is 64.3. The maximum atomic E-state index is 16.7. The average Bonchev–Trinajstić information content (AvgIpc) is 1.62. The Morgan fingerprint density at radius 1 is 0.364 bits per heavy atom. The lowest BCUT2D eigenvalue weighted by Crippen LogP contribution is -2.57. The Morgan fingerprint density at radius 3 is 0.818 bits per heavy atom. The van der Waals surface area contributed by atoms with Crippen molar-refractivity contribution in [1.82, 2.24) is 19.6 Å². The minimum absolute atomic E-state index is 0.0269. The largest absolute Gasteiger partial charge is 0.457 e. The topological polar surface area (TPSA) is 239 Å². The molecular formula is C88H96N4O18. The van der Waals surface area contributed by atoms with Crippen molar-refractivity contribution in [3.63, 3.8) is 0 Å². The van der Waals surface area contributed by atoms with Gasteiger partial charge in [-0.1, -0.05) is 123 Å². The van der Waals surface area contributed by atoms with E-state index in [-0.39, 0.29) is 151 Å². The summed E-state index contributed by atoms with van der Waals surface area (Å²) in [4.78, 5) is 104. The summed E-state index contributed by atoms with van der Waals surface area (Å²) in [7, 11) is 0. The molecule has 6 amide bonds. The van der Waals surface area contributed by atoms with E-state index in [4.69, 9.17) is 56.8 Å². The van der Waals surface area contributed by atoms with E-state index in [0.717, 1.165) is 32.1 Å². The van der Waals surface area contributed by atoms with Gasteiger partial charge in [0, 0.05) is 69.3 Å². The molecule has 0 radical (unpaired) electrons. The van der Waals surface area contributed by atoms with Crippen LogP contribution in [0, 0.1) is 18.8 Å². The van der Waals surface area contributed by atoms with Crippen LogP contribution < -0.4 is 18.9 Å². The molecule has 0 bridgehead atoms. The third kappa shape index (κ3) is 15.9. The maximum absolute atomic E-state index is 16.7. The molecule has 0 spiro atoms. The summed E-state index contributed by atoms with van der Waals surface area (Å²) in [6, 6.07) is 34.1. The summed E-state index contributed by atoms with van der Waals surface area (Å²) in [5.74, 6) is -3.00. The van der Waals surface area contributed by atoms with Crippen molar-refractivity contribution in [2.24, 2.45) is 11.8 Å². The fourth-order valence-electron chi connectivity index (χ4n) is 14.9. The minimum atomic E-state index is -1.37. The first kappa shape index (κ1) is 75.8. The number of hydrogen-bond acceptors (Lipinski definition) is 18. The van der Waals surface area contributed by atoms with Crippen LogP contribution in [-0.2, 0) is 47.5 Å². The summed E-state index contributed by atoms with van der Waals surface area (Å²) in [6.45, 7) is 26.5. The van der Waals surface area contributed by atoms with Gasteiger partial charge in [0.25, 0.3) is 23.6 Å². The van der Waals surface area contributed by atoms with Gasteiger partial charge in [-0.3, -0.25) is 38.6 Å². The molecule has 0 aromatic heterocycles. The standard InChI is InChI=1S/C88H96N4O18/c1-48(2)54-14-22-58(23-15-54)108-70-37-67-74-68(86(96)92(85(67)95)82(52(9)10)88(98)90(30-34-101-42-63-46-105-63)31-35-102-43-64-47-106-64)39-72(110-60-26-18-56(19-27-60)50(5)6)78-77-71(109-59-24-16-55(17-25-59)49(3)4)38-66-73-65(36-69(75(79(73)77)76(70)80(74)78)107-57-20-12-53(11)13-21-57)83(93)91(84(66)94)81(51(7)8)87(97)89(28-32-99-40-61-44-103-61)29-33-100-41-62-45-104-62/h12-27,36-39,48-52,61-64,81-82H,28-35,40-47H2,1-11H3. The van der Waals surface area contributed by atoms with Crippen LogP contribution in [0.2, 0.25) is 0 Å². The Balaban J connectivity index is 1.00. The molecule has 6 atom stereocenters. The highest BCUT2D eigenvalue weighted by Crippen LogP contribution is 2.58. The van der Waals surface area contributed by atoms with Crippen LogP contribution in [0.15, 0.2) is 121 Å². The second kappa shape index (κ2) is 32.0. The monoisotopic (exact) mass is 1500 g/mol. The van der Waals surface area contributed by atoms with Crippen LogP contribution in [-0.4, -0.2) is 197 Å². The minimum Gasteiger partial charge on any atom is -0.457 e. The van der Waals surface area contributed by atoms with Gasteiger partial charge in [0.05, 0.1) is 102 Å². The van der Waals surface area contributed by atoms with Crippen LogP contribution in [0.3, 0.4) is 0 Å². The van der Waals surface area contributed by atoms with Gasteiger partial charge < -0.3 is 66.6 Å². The van der Waals surface area contributed by atoms with E-state index < -0.39 is 59.4 Å². The Labute approximate surface area is 640 Å². The van der Waals surface area contributed by atoms with Gasteiger partial charge >= 0.3 is 0 Å². The molecule has 6 aliphatic heterocycles. The molecule has 6 heterocycles. The van der Waals surface area contributed by atoms with E-state index in [1.54, 1.807) is 34.1 Å². The molecule has 110 heavy (non-hydrogen) atoms. The fourth-order valence-corrected chi connectivity index (χ4v) is 14.9. The van der Waals surface area contributed by atoms with E-state index in [1.807, 2.05) is 132 Å². The predicted molar refractivity (Wildman–Crippen MR) is 414 cm³/mol. The van der Waals surface area contributed by atoms with Gasteiger partial charge in [-0.05, 0) is 126 Å². The van der Waals surface area contributed by atoms with Gasteiger partial charge in [0.15, 0.2) is 0 Å². The van der Waals surface area contributed by atoms with Crippen LogP contribution in [0.1, 0.15) is 151 Å². The highest BCUT2D eigenvalue weighted by Gasteiger charge is 2.49. The number of rotatable bonds is 37. The molecule has 4 fully saturated rings.